The van der Waals surface area contributed by atoms with E-state index in [4.69, 9.17) is 9.97 Å². The summed E-state index contributed by atoms with van der Waals surface area (Å²) in [6.45, 7) is 0. The van der Waals surface area contributed by atoms with Crippen molar-refractivity contribution in [3.05, 3.63) is 124 Å². The summed E-state index contributed by atoms with van der Waals surface area (Å²) in [6.07, 6.45) is 2.75. The van der Waals surface area contributed by atoms with E-state index < -0.39 is 0 Å². The maximum absolute atomic E-state index is 4.75. The predicted octanol–water partition coefficient (Wildman–Crippen LogP) is 8.10. The van der Waals surface area contributed by atoms with Gasteiger partial charge in [-0.25, -0.2) is 9.97 Å². The van der Waals surface area contributed by atoms with Crippen LogP contribution in [0.25, 0.3) is 10.2 Å². The molecule has 0 saturated carbocycles. The molecule has 162 valence electrons. The van der Waals surface area contributed by atoms with E-state index in [0.29, 0.717) is 10.5 Å². The van der Waals surface area contributed by atoms with Crippen molar-refractivity contribution in [2.24, 2.45) is 0 Å². The normalized spacial score (nSPS) is 17.7. The Hall–Kier alpha value is -2.60. The highest BCUT2D eigenvalue weighted by molar-refractivity contribution is 8.00. The molecule has 6 rings (SSSR count). The number of thiophene rings is 1. The third-order valence-electron chi connectivity index (χ3n) is 6.00. The Balaban J connectivity index is 1.45. The summed E-state index contributed by atoms with van der Waals surface area (Å²) in [6, 6.07) is 32.5. The van der Waals surface area contributed by atoms with Gasteiger partial charge in [0.15, 0.2) is 0 Å². The van der Waals surface area contributed by atoms with Crippen LogP contribution in [0.3, 0.4) is 0 Å². The highest BCUT2D eigenvalue weighted by Crippen LogP contribution is 2.56. The number of thioether (sulfide) groups is 2. The fraction of sp³-hybridized carbons (Fsp3) is 0.143. The van der Waals surface area contributed by atoms with Crippen LogP contribution in [0.1, 0.15) is 37.6 Å². The second kappa shape index (κ2) is 9.34. The van der Waals surface area contributed by atoms with Gasteiger partial charge in [-0.15, -0.1) is 34.9 Å². The van der Waals surface area contributed by atoms with Gasteiger partial charge in [-0.3, -0.25) is 0 Å². The molecule has 0 fully saturated rings. The molecule has 2 aromatic heterocycles. The molecule has 1 aliphatic heterocycles. The maximum Gasteiger partial charge on any atom is 0.128 e. The minimum atomic E-state index is 0.311. The summed E-state index contributed by atoms with van der Waals surface area (Å²) in [5, 5.41) is 3.09. The Morgan fingerprint density at radius 1 is 0.788 bits per heavy atom. The van der Waals surface area contributed by atoms with Crippen molar-refractivity contribution < 1.29 is 0 Å². The van der Waals surface area contributed by atoms with E-state index in [-0.39, 0.29) is 0 Å². The fourth-order valence-electron chi connectivity index (χ4n) is 4.41. The lowest BCUT2D eigenvalue weighted by Gasteiger charge is -2.30. The number of aromatic nitrogens is 2. The maximum atomic E-state index is 4.75. The Kier molecular flexibility index (Phi) is 5.93. The predicted molar refractivity (Wildman–Crippen MR) is 142 cm³/mol. The van der Waals surface area contributed by atoms with Crippen LogP contribution >= 0.6 is 34.9 Å². The van der Waals surface area contributed by atoms with Gasteiger partial charge in [0, 0.05) is 21.3 Å². The average Bonchev–Trinajstić information content (AvgIpc) is 3.28. The molecule has 2 nitrogen and oxygen atoms in total. The number of hydrogen-bond acceptors (Lipinski definition) is 5. The van der Waals surface area contributed by atoms with Crippen molar-refractivity contribution in [2.75, 3.05) is 0 Å². The highest BCUT2D eigenvalue weighted by atomic mass is 32.2. The Labute approximate surface area is 206 Å². The van der Waals surface area contributed by atoms with Crippen LogP contribution in [0.5, 0.6) is 0 Å². The number of benzene rings is 3. The van der Waals surface area contributed by atoms with Crippen LogP contribution in [-0.4, -0.2) is 9.97 Å². The topological polar surface area (TPSA) is 25.8 Å². The van der Waals surface area contributed by atoms with Gasteiger partial charge >= 0.3 is 0 Å². The summed E-state index contributed by atoms with van der Waals surface area (Å²) in [4.78, 5) is 12.0. The Morgan fingerprint density at radius 3 is 2.18 bits per heavy atom. The molecule has 0 amide bonds. The first-order valence-electron chi connectivity index (χ1n) is 11.0. The van der Waals surface area contributed by atoms with Crippen LogP contribution in [0.2, 0.25) is 0 Å². The lowest BCUT2D eigenvalue weighted by molar-refractivity contribution is 0.891. The van der Waals surface area contributed by atoms with E-state index in [1.54, 1.807) is 6.33 Å². The molecule has 0 radical (unpaired) electrons. The van der Waals surface area contributed by atoms with Crippen LogP contribution < -0.4 is 0 Å². The molecule has 3 heterocycles. The third-order valence-corrected chi connectivity index (χ3v) is 9.97. The molecule has 1 aliphatic rings. The molecule has 5 aromatic rings. The number of hydrogen-bond donors (Lipinski definition) is 0. The average molecular weight is 483 g/mol. The summed E-state index contributed by atoms with van der Waals surface area (Å²) >= 11 is 5.74. The molecule has 0 bridgehead atoms. The molecule has 0 saturated heterocycles. The molecule has 33 heavy (non-hydrogen) atoms. The summed E-state index contributed by atoms with van der Waals surface area (Å²) in [7, 11) is 0. The van der Waals surface area contributed by atoms with Crippen LogP contribution in [0, 0.1) is 0 Å². The van der Waals surface area contributed by atoms with Gasteiger partial charge < -0.3 is 0 Å². The fourth-order valence-corrected chi connectivity index (χ4v) is 8.44. The monoisotopic (exact) mass is 482 g/mol. The molecular formula is C28H22N2S3. The molecule has 0 N–H and O–H groups in total. The van der Waals surface area contributed by atoms with Crippen molar-refractivity contribution in [1.29, 1.82) is 0 Å². The largest absolute Gasteiger partial charge is 0.229 e. The molecule has 3 aromatic carbocycles. The molecule has 2 atom stereocenters. The first-order chi connectivity index (χ1) is 16.4. The SMILES string of the molecule is c1ccc(CSc2ncnc3sc4c(c23)C[C@H](c2ccccc2)S[C@@H]4c2ccccc2)cc1. The second-order valence-corrected chi connectivity index (χ2v) is 11.4. The molecular weight excluding hydrogens is 461 g/mol. The molecule has 0 aliphatic carbocycles. The van der Waals surface area contributed by atoms with Gasteiger partial charge in [-0.05, 0) is 28.7 Å². The van der Waals surface area contributed by atoms with Gasteiger partial charge in [0.1, 0.15) is 16.2 Å². The smallest absolute Gasteiger partial charge is 0.128 e. The van der Waals surface area contributed by atoms with E-state index in [9.17, 15) is 0 Å². The van der Waals surface area contributed by atoms with Gasteiger partial charge in [0.05, 0.1) is 5.25 Å². The Bertz CT molecular complexity index is 1370. The summed E-state index contributed by atoms with van der Waals surface area (Å²) in [5.74, 6) is 0.913. The summed E-state index contributed by atoms with van der Waals surface area (Å²) in [5.41, 5.74) is 5.51. The van der Waals surface area contributed by atoms with E-state index in [1.165, 1.54) is 32.5 Å². The van der Waals surface area contributed by atoms with Crippen LogP contribution in [-0.2, 0) is 12.2 Å². The van der Waals surface area contributed by atoms with Crippen LogP contribution in [0.15, 0.2) is 102 Å². The van der Waals surface area contributed by atoms with E-state index in [0.717, 1.165) is 22.0 Å². The summed E-state index contributed by atoms with van der Waals surface area (Å²) < 4.78 is 0. The highest BCUT2D eigenvalue weighted by Gasteiger charge is 2.34. The van der Waals surface area contributed by atoms with Crippen molar-refractivity contribution >= 4 is 45.1 Å². The zero-order valence-corrected chi connectivity index (χ0v) is 20.4. The molecule has 0 spiro atoms. The van der Waals surface area contributed by atoms with Gasteiger partial charge in [0.25, 0.3) is 0 Å². The minimum Gasteiger partial charge on any atom is -0.229 e. The van der Waals surface area contributed by atoms with Gasteiger partial charge in [0.2, 0.25) is 0 Å². The lowest BCUT2D eigenvalue weighted by atomic mass is 9.98. The third kappa shape index (κ3) is 4.21. The van der Waals surface area contributed by atoms with Crippen molar-refractivity contribution in [3.8, 4) is 0 Å². The number of fused-ring (bicyclic) bond motifs is 3. The second-order valence-electron chi connectivity index (χ2n) is 8.11. The zero-order chi connectivity index (χ0) is 22.0. The standard InChI is InChI=1S/C28H22N2S3/c1-4-10-19(11-5-1)17-31-27-24-22-16-23(20-12-6-2-7-13-20)32-25(21-14-8-3-9-15-21)26(22)33-28(24)30-18-29-27/h1-15,18,23,25H,16-17H2/t23-,25-/m1/s1. The van der Waals surface area contributed by atoms with E-state index in [1.807, 2.05) is 23.1 Å². The van der Waals surface area contributed by atoms with Crippen molar-refractivity contribution in [3.63, 3.8) is 0 Å². The van der Waals surface area contributed by atoms with Crippen molar-refractivity contribution in [2.45, 2.75) is 27.7 Å². The van der Waals surface area contributed by atoms with E-state index >= 15 is 0 Å². The van der Waals surface area contributed by atoms with Gasteiger partial charge in [-0.2, -0.15) is 0 Å². The van der Waals surface area contributed by atoms with Gasteiger partial charge in [-0.1, -0.05) is 91.0 Å². The minimum absolute atomic E-state index is 0.311. The number of nitrogens with zero attached hydrogens (tertiary/aromatic N) is 2. The van der Waals surface area contributed by atoms with Crippen molar-refractivity contribution in [1.82, 2.24) is 9.97 Å². The first kappa shape index (κ1) is 21.0. The van der Waals surface area contributed by atoms with Crippen LogP contribution in [0.4, 0.5) is 0 Å². The lowest BCUT2D eigenvalue weighted by Crippen LogP contribution is -2.11. The number of rotatable bonds is 5. The quantitative estimate of drug-likeness (QED) is 0.187. The first-order valence-corrected chi connectivity index (χ1v) is 13.8. The molecule has 5 heteroatoms. The zero-order valence-electron chi connectivity index (χ0n) is 17.9. The Morgan fingerprint density at radius 2 is 1.45 bits per heavy atom. The van der Waals surface area contributed by atoms with E-state index in [2.05, 4.69) is 103 Å². The molecule has 0 unspecified atom stereocenters.